The molecule has 1 aromatic heterocycles. The van der Waals surface area contributed by atoms with Crippen molar-refractivity contribution in [2.75, 3.05) is 6.54 Å². The van der Waals surface area contributed by atoms with Gasteiger partial charge in [0.05, 0.1) is 12.0 Å². The maximum Gasteiger partial charge on any atom is 0.244 e. The van der Waals surface area contributed by atoms with E-state index in [4.69, 9.17) is 0 Å². The molecule has 0 saturated heterocycles. The summed E-state index contributed by atoms with van der Waals surface area (Å²) in [6.07, 6.45) is 9.87. The van der Waals surface area contributed by atoms with Crippen LogP contribution in [-0.2, 0) is 4.79 Å². The average Bonchev–Trinajstić information content (AvgIpc) is 2.74. The molecule has 0 atom stereocenters. The number of nitrogens with one attached hydrogen (secondary N) is 2. The van der Waals surface area contributed by atoms with Crippen LogP contribution in [0.15, 0.2) is 18.6 Å². The molecule has 0 bridgehead atoms. The zero-order chi connectivity index (χ0) is 10.9. The molecule has 0 unspecified atom stereocenters. The van der Waals surface area contributed by atoms with Gasteiger partial charge in [-0.2, -0.15) is 0 Å². The molecule has 2 N–H and O–H groups in total. The first-order chi connectivity index (χ1) is 7.33. The Morgan fingerprint density at radius 2 is 2.47 bits per heavy atom. The lowest BCUT2D eigenvalue weighted by Gasteiger charge is -1.99. The predicted molar refractivity (Wildman–Crippen MR) is 60.2 cm³/mol. The van der Waals surface area contributed by atoms with Gasteiger partial charge in [-0.1, -0.05) is 19.8 Å². The number of imidazole rings is 1. The van der Waals surface area contributed by atoms with Gasteiger partial charge in [-0.05, 0) is 12.5 Å². The fourth-order valence-corrected chi connectivity index (χ4v) is 1.17. The third-order valence-corrected chi connectivity index (χ3v) is 2.00. The normalized spacial score (nSPS) is 10.7. The summed E-state index contributed by atoms with van der Waals surface area (Å²) in [4.78, 5) is 18.1. The molecule has 0 spiro atoms. The van der Waals surface area contributed by atoms with E-state index >= 15 is 0 Å². The Hall–Kier alpha value is -1.58. The van der Waals surface area contributed by atoms with Crippen molar-refractivity contribution in [3.8, 4) is 0 Å². The largest absolute Gasteiger partial charge is 0.353 e. The highest BCUT2D eigenvalue weighted by Gasteiger charge is 1.94. The Morgan fingerprint density at radius 3 is 3.13 bits per heavy atom. The second kappa shape index (κ2) is 6.81. The van der Waals surface area contributed by atoms with E-state index in [0.29, 0.717) is 0 Å². The van der Waals surface area contributed by atoms with Crippen LogP contribution < -0.4 is 5.32 Å². The lowest BCUT2D eigenvalue weighted by molar-refractivity contribution is -0.116. The van der Waals surface area contributed by atoms with Crippen LogP contribution in [0.2, 0.25) is 0 Å². The van der Waals surface area contributed by atoms with Crippen LogP contribution in [0, 0.1) is 0 Å². The number of hydrogen-bond acceptors (Lipinski definition) is 2. The first kappa shape index (κ1) is 11.5. The van der Waals surface area contributed by atoms with Crippen LogP contribution in [0.1, 0.15) is 31.9 Å². The summed E-state index contributed by atoms with van der Waals surface area (Å²) in [5, 5.41) is 2.82. The molecule has 0 aliphatic rings. The standard InChI is InChI=1S/C11H17N3O/c1-2-3-4-7-13-11(15)6-5-10-8-12-9-14-10/h5-6,8-9H,2-4,7H2,1H3,(H,12,14)(H,13,15). The summed E-state index contributed by atoms with van der Waals surface area (Å²) in [5.74, 6) is -0.0610. The Labute approximate surface area is 89.8 Å². The summed E-state index contributed by atoms with van der Waals surface area (Å²) in [5.41, 5.74) is 0.763. The molecule has 1 rings (SSSR count). The minimum atomic E-state index is -0.0610. The number of carbonyl (C=O) groups is 1. The molecule has 4 nitrogen and oxygen atoms in total. The van der Waals surface area contributed by atoms with Gasteiger partial charge in [0.2, 0.25) is 5.91 Å². The number of carbonyl (C=O) groups excluding carboxylic acids is 1. The molecular formula is C11H17N3O. The van der Waals surface area contributed by atoms with Gasteiger partial charge in [-0.15, -0.1) is 0 Å². The van der Waals surface area contributed by atoms with Crippen LogP contribution in [0.5, 0.6) is 0 Å². The Bertz CT molecular complexity index is 304. The van der Waals surface area contributed by atoms with Crippen molar-refractivity contribution < 1.29 is 4.79 Å². The summed E-state index contributed by atoms with van der Waals surface area (Å²) in [7, 11) is 0. The number of hydrogen-bond donors (Lipinski definition) is 2. The number of aromatic amines is 1. The molecule has 15 heavy (non-hydrogen) atoms. The lowest BCUT2D eigenvalue weighted by atomic mass is 10.2. The second-order valence-electron chi connectivity index (χ2n) is 3.33. The topological polar surface area (TPSA) is 57.8 Å². The summed E-state index contributed by atoms with van der Waals surface area (Å²) in [6, 6.07) is 0. The maximum atomic E-state index is 11.3. The first-order valence-electron chi connectivity index (χ1n) is 5.27. The highest BCUT2D eigenvalue weighted by atomic mass is 16.1. The number of H-pyrrole nitrogens is 1. The average molecular weight is 207 g/mol. The summed E-state index contributed by atoms with van der Waals surface area (Å²) < 4.78 is 0. The summed E-state index contributed by atoms with van der Waals surface area (Å²) in [6.45, 7) is 2.89. The van der Waals surface area contributed by atoms with Crippen molar-refractivity contribution in [2.24, 2.45) is 0 Å². The molecule has 0 saturated carbocycles. The molecule has 4 heteroatoms. The van der Waals surface area contributed by atoms with E-state index in [1.165, 1.54) is 12.5 Å². The van der Waals surface area contributed by atoms with Gasteiger partial charge in [-0.3, -0.25) is 4.79 Å². The van der Waals surface area contributed by atoms with Gasteiger partial charge in [0.15, 0.2) is 0 Å². The van der Waals surface area contributed by atoms with E-state index < -0.39 is 0 Å². The second-order valence-corrected chi connectivity index (χ2v) is 3.33. The monoisotopic (exact) mass is 207 g/mol. The van der Waals surface area contributed by atoms with Crippen LogP contribution in [0.25, 0.3) is 6.08 Å². The molecule has 0 aromatic carbocycles. The van der Waals surface area contributed by atoms with Crippen molar-refractivity contribution >= 4 is 12.0 Å². The third-order valence-electron chi connectivity index (χ3n) is 2.00. The van der Waals surface area contributed by atoms with Crippen LogP contribution >= 0.6 is 0 Å². The van der Waals surface area contributed by atoms with Crippen molar-refractivity contribution in [3.63, 3.8) is 0 Å². The van der Waals surface area contributed by atoms with E-state index in [0.717, 1.165) is 25.1 Å². The first-order valence-corrected chi connectivity index (χ1v) is 5.27. The molecule has 0 fully saturated rings. The Kier molecular flexibility index (Phi) is 5.22. The predicted octanol–water partition coefficient (Wildman–Crippen LogP) is 1.73. The van der Waals surface area contributed by atoms with Gasteiger partial charge in [0.1, 0.15) is 0 Å². The molecule has 82 valence electrons. The lowest BCUT2D eigenvalue weighted by Crippen LogP contribution is -2.21. The van der Waals surface area contributed by atoms with Crippen LogP contribution in [-0.4, -0.2) is 22.4 Å². The van der Waals surface area contributed by atoms with E-state index in [9.17, 15) is 4.79 Å². The van der Waals surface area contributed by atoms with Gasteiger partial charge >= 0.3 is 0 Å². The van der Waals surface area contributed by atoms with Gasteiger partial charge in [-0.25, -0.2) is 4.98 Å². The van der Waals surface area contributed by atoms with Gasteiger partial charge in [0.25, 0.3) is 0 Å². The number of unbranched alkanes of at least 4 members (excludes halogenated alkanes) is 2. The third kappa shape index (κ3) is 5.00. The van der Waals surface area contributed by atoms with E-state index in [-0.39, 0.29) is 5.91 Å². The molecule has 1 aromatic rings. The molecule has 0 aliphatic heterocycles. The van der Waals surface area contributed by atoms with Gasteiger partial charge in [0, 0.05) is 18.8 Å². The Morgan fingerprint density at radius 1 is 1.60 bits per heavy atom. The number of amides is 1. The zero-order valence-corrected chi connectivity index (χ0v) is 8.99. The van der Waals surface area contributed by atoms with Crippen molar-refractivity contribution in [1.29, 1.82) is 0 Å². The summed E-state index contributed by atoms with van der Waals surface area (Å²) >= 11 is 0. The van der Waals surface area contributed by atoms with E-state index in [1.807, 2.05) is 0 Å². The highest BCUT2D eigenvalue weighted by molar-refractivity contribution is 5.91. The minimum absolute atomic E-state index is 0.0610. The van der Waals surface area contributed by atoms with E-state index in [1.54, 1.807) is 18.6 Å². The minimum Gasteiger partial charge on any atom is -0.353 e. The molecule has 1 amide bonds. The van der Waals surface area contributed by atoms with Crippen molar-refractivity contribution in [3.05, 3.63) is 24.3 Å². The SMILES string of the molecule is CCCCCNC(=O)C=Cc1c[nH]cn1. The molecule has 0 aliphatic carbocycles. The number of rotatable bonds is 6. The number of aromatic nitrogens is 2. The quantitative estimate of drug-likeness (QED) is 0.551. The zero-order valence-electron chi connectivity index (χ0n) is 8.99. The molecule has 0 radical (unpaired) electrons. The Balaban J connectivity index is 2.18. The number of nitrogens with zero attached hydrogens (tertiary/aromatic N) is 1. The highest BCUT2D eigenvalue weighted by Crippen LogP contribution is 1.94. The van der Waals surface area contributed by atoms with Crippen LogP contribution in [0.4, 0.5) is 0 Å². The van der Waals surface area contributed by atoms with Crippen molar-refractivity contribution in [1.82, 2.24) is 15.3 Å². The van der Waals surface area contributed by atoms with Crippen LogP contribution in [0.3, 0.4) is 0 Å². The fourth-order valence-electron chi connectivity index (χ4n) is 1.17. The van der Waals surface area contributed by atoms with Crippen molar-refractivity contribution in [2.45, 2.75) is 26.2 Å². The molecule has 1 heterocycles. The smallest absolute Gasteiger partial charge is 0.244 e. The fraction of sp³-hybridized carbons (Fsp3) is 0.455. The van der Waals surface area contributed by atoms with Gasteiger partial charge < -0.3 is 10.3 Å². The molecular weight excluding hydrogens is 190 g/mol. The maximum absolute atomic E-state index is 11.3. The van der Waals surface area contributed by atoms with E-state index in [2.05, 4.69) is 22.2 Å².